The average Bonchev–Trinajstić information content (AvgIpc) is 3.54. The second kappa shape index (κ2) is 10.5. The van der Waals surface area contributed by atoms with Crippen molar-refractivity contribution in [2.45, 2.75) is 18.9 Å². The molecule has 0 bridgehead atoms. The summed E-state index contributed by atoms with van der Waals surface area (Å²) in [5.41, 5.74) is 3.63. The molecule has 40 heavy (non-hydrogen) atoms. The summed E-state index contributed by atoms with van der Waals surface area (Å²) in [5, 5.41) is 19.7. The molecule has 1 fully saturated rings. The van der Waals surface area contributed by atoms with Crippen molar-refractivity contribution in [3.8, 4) is 17.6 Å². The van der Waals surface area contributed by atoms with Crippen molar-refractivity contribution in [2.75, 3.05) is 20.1 Å². The number of aromatic hydroxyl groups is 1. The molecule has 1 atom stereocenters. The summed E-state index contributed by atoms with van der Waals surface area (Å²) in [6.07, 6.45) is 2.14. The number of piperidine rings is 1. The largest absolute Gasteiger partial charge is 0.508 e. The Labute approximate surface area is 231 Å². The Hall–Kier alpha value is -4.61. The number of H-pyrrole nitrogens is 1. The van der Waals surface area contributed by atoms with Gasteiger partial charge in [0.25, 0.3) is 5.91 Å². The highest BCUT2D eigenvalue weighted by Gasteiger charge is 2.26. The van der Waals surface area contributed by atoms with Gasteiger partial charge in [0.05, 0.1) is 11.6 Å². The zero-order valence-electron chi connectivity index (χ0n) is 22.4. The quantitative estimate of drug-likeness (QED) is 0.279. The number of fused-ring (bicyclic) bond motifs is 2. The van der Waals surface area contributed by atoms with Crippen LogP contribution in [0.4, 0.5) is 4.39 Å². The number of benzene rings is 3. The minimum Gasteiger partial charge on any atom is -0.508 e. The summed E-state index contributed by atoms with van der Waals surface area (Å²) in [6.45, 7) is 2.12. The van der Waals surface area contributed by atoms with Gasteiger partial charge < -0.3 is 20.3 Å². The van der Waals surface area contributed by atoms with Crippen LogP contribution in [0.3, 0.4) is 0 Å². The topological polar surface area (TPSA) is 86.2 Å². The molecule has 8 heteroatoms. The van der Waals surface area contributed by atoms with Gasteiger partial charge in [-0.3, -0.25) is 9.48 Å². The van der Waals surface area contributed by atoms with Gasteiger partial charge in [0.1, 0.15) is 11.6 Å². The lowest BCUT2D eigenvalue weighted by atomic mass is 9.97. The Morgan fingerprint density at radius 3 is 2.70 bits per heavy atom. The molecule has 6 rings (SSSR count). The summed E-state index contributed by atoms with van der Waals surface area (Å²) in [6, 6.07) is 18.2. The molecule has 7 nitrogen and oxygen atoms in total. The van der Waals surface area contributed by atoms with E-state index in [9.17, 15) is 14.3 Å². The number of aryl methyl sites for hydroxylation is 1. The molecule has 3 N–H and O–H groups in total. The van der Waals surface area contributed by atoms with Gasteiger partial charge in [0.2, 0.25) is 0 Å². The second-order valence-electron chi connectivity index (χ2n) is 10.5. The number of aromatic nitrogens is 3. The third-order valence-electron chi connectivity index (χ3n) is 7.64. The summed E-state index contributed by atoms with van der Waals surface area (Å²) < 4.78 is 15.9. The molecule has 1 saturated heterocycles. The first-order valence-electron chi connectivity index (χ1n) is 13.4. The highest BCUT2D eigenvalue weighted by molar-refractivity contribution is 6.05. The number of phenols is 1. The highest BCUT2D eigenvalue weighted by Crippen LogP contribution is 2.32. The third kappa shape index (κ3) is 5.04. The van der Waals surface area contributed by atoms with Crippen LogP contribution in [0, 0.1) is 23.6 Å². The fraction of sp³-hybridized carbons (Fsp3) is 0.250. The predicted molar refractivity (Wildman–Crippen MR) is 153 cm³/mol. The summed E-state index contributed by atoms with van der Waals surface area (Å²) in [4.78, 5) is 19.3. The van der Waals surface area contributed by atoms with E-state index in [1.54, 1.807) is 11.7 Å². The fourth-order valence-corrected chi connectivity index (χ4v) is 5.37. The van der Waals surface area contributed by atoms with Crippen LogP contribution in [0.25, 0.3) is 21.8 Å². The molecular weight excluding hydrogens is 505 g/mol. The maximum absolute atomic E-state index is 14.3. The van der Waals surface area contributed by atoms with Crippen molar-refractivity contribution in [1.29, 1.82) is 0 Å². The molecule has 3 heterocycles. The Balaban J connectivity index is 1.32. The van der Waals surface area contributed by atoms with Crippen LogP contribution in [-0.4, -0.2) is 50.8 Å². The predicted octanol–water partition coefficient (Wildman–Crippen LogP) is 5.11. The first-order chi connectivity index (χ1) is 19.4. The lowest BCUT2D eigenvalue weighted by Crippen LogP contribution is -2.30. The van der Waals surface area contributed by atoms with Crippen molar-refractivity contribution < 1.29 is 14.3 Å². The molecule has 1 aliphatic rings. The van der Waals surface area contributed by atoms with E-state index in [-0.39, 0.29) is 17.0 Å². The summed E-state index contributed by atoms with van der Waals surface area (Å²) >= 11 is 0. The summed E-state index contributed by atoms with van der Waals surface area (Å²) in [7, 11) is 3.93. The van der Waals surface area contributed by atoms with Crippen LogP contribution >= 0.6 is 0 Å². The number of phenolic OH excluding ortho intramolecular Hbond substituents is 1. The van der Waals surface area contributed by atoms with Gasteiger partial charge >= 0.3 is 0 Å². The van der Waals surface area contributed by atoms with Crippen molar-refractivity contribution in [2.24, 2.45) is 13.0 Å². The molecule has 0 radical (unpaired) electrons. The van der Waals surface area contributed by atoms with Gasteiger partial charge in [-0.25, -0.2) is 4.39 Å². The Bertz CT molecular complexity index is 1750. The molecule has 3 aromatic carbocycles. The van der Waals surface area contributed by atoms with Crippen LogP contribution in [0.5, 0.6) is 5.75 Å². The van der Waals surface area contributed by atoms with E-state index in [0.717, 1.165) is 47.9 Å². The molecule has 1 amide bonds. The first-order valence-corrected chi connectivity index (χ1v) is 13.4. The Morgan fingerprint density at radius 2 is 1.90 bits per heavy atom. The van der Waals surface area contributed by atoms with Crippen LogP contribution < -0.4 is 5.32 Å². The van der Waals surface area contributed by atoms with Crippen LogP contribution in [-0.2, 0) is 7.05 Å². The van der Waals surface area contributed by atoms with Crippen LogP contribution in [0.15, 0.2) is 66.7 Å². The molecular formula is C32H30FN5O2. The van der Waals surface area contributed by atoms with E-state index in [1.165, 1.54) is 18.2 Å². The molecule has 5 aromatic rings. The van der Waals surface area contributed by atoms with Crippen molar-refractivity contribution in [3.05, 3.63) is 95.1 Å². The van der Waals surface area contributed by atoms with E-state index in [4.69, 9.17) is 0 Å². The zero-order chi connectivity index (χ0) is 27.8. The number of halogens is 1. The van der Waals surface area contributed by atoms with Crippen LogP contribution in [0.1, 0.15) is 46.2 Å². The van der Waals surface area contributed by atoms with Crippen molar-refractivity contribution in [1.82, 2.24) is 25.0 Å². The van der Waals surface area contributed by atoms with Gasteiger partial charge in [-0.15, -0.1) is 0 Å². The molecule has 1 unspecified atom stereocenters. The number of amides is 1. The standard InChI is InChI=1S/C32H30FN5O2/c1-37-15-13-20(14-16-37)7-8-21-9-11-24-28(17-21)38(2)36-31(24)32(40)35-30(25-19-23(33)10-12-29(25)39)27-18-22-5-3-4-6-26(22)34-27/h3-6,9-12,17-20,30,34,39H,13-16H2,1-2H3,(H,35,40). The number of carbonyl (C=O) groups is 1. The van der Waals surface area contributed by atoms with Crippen molar-refractivity contribution >= 4 is 27.7 Å². The minimum absolute atomic E-state index is 0.121. The van der Waals surface area contributed by atoms with Gasteiger partial charge in [-0.05, 0) is 86.9 Å². The Morgan fingerprint density at radius 1 is 1.10 bits per heavy atom. The number of hydrogen-bond acceptors (Lipinski definition) is 4. The zero-order valence-corrected chi connectivity index (χ0v) is 22.4. The number of hydrogen-bond donors (Lipinski definition) is 3. The average molecular weight is 536 g/mol. The third-order valence-corrected chi connectivity index (χ3v) is 7.64. The number of carbonyl (C=O) groups excluding carboxylic acids is 1. The number of nitrogens with zero attached hydrogens (tertiary/aromatic N) is 3. The molecule has 0 spiro atoms. The molecule has 0 aliphatic carbocycles. The fourth-order valence-electron chi connectivity index (χ4n) is 5.37. The van der Waals surface area contributed by atoms with Gasteiger partial charge in [0, 0.05) is 40.7 Å². The molecule has 0 saturated carbocycles. The number of para-hydroxylation sites is 1. The Kier molecular flexibility index (Phi) is 6.74. The van der Waals surface area contributed by atoms with Gasteiger partial charge in [-0.1, -0.05) is 30.0 Å². The van der Waals surface area contributed by atoms with Gasteiger partial charge in [0.15, 0.2) is 5.69 Å². The molecule has 202 valence electrons. The monoisotopic (exact) mass is 535 g/mol. The summed E-state index contributed by atoms with van der Waals surface area (Å²) in [5.74, 6) is 6.03. The first kappa shape index (κ1) is 25.7. The number of likely N-dealkylation sites (tertiary alicyclic amines) is 1. The second-order valence-corrected chi connectivity index (χ2v) is 10.5. The molecule has 1 aliphatic heterocycles. The highest BCUT2D eigenvalue weighted by atomic mass is 19.1. The van der Waals surface area contributed by atoms with Gasteiger partial charge in [-0.2, -0.15) is 5.10 Å². The maximum Gasteiger partial charge on any atom is 0.273 e. The van der Waals surface area contributed by atoms with E-state index in [0.29, 0.717) is 17.0 Å². The smallest absolute Gasteiger partial charge is 0.273 e. The van der Waals surface area contributed by atoms with Crippen molar-refractivity contribution in [3.63, 3.8) is 0 Å². The lowest BCUT2D eigenvalue weighted by molar-refractivity contribution is 0.0938. The SMILES string of the molecule is CN1CCC(C#Cc2ccc3c(C(=O)NC(c4cc5ccccc5[nH]4)c4cc(F)ccc4O)nn(C)c3c2)CC1. The number of aromatic amines is 1. The van der Waals surface area contributed by atoms with E-state index < -0.39 is 17.8 Å². The minimum atomic E-state index is -0.840. The maximum atomic E-state index is 14.3. The normalized spacial score (nSPS) is 15.2. The lowest BCUT2D eigenvalue weighted by Gasteiger charge is -2.25. The number of nitrogens with one attached hydrogen (secondary N) is 2. The number of rotatable bonds is 4. The van der Waals surface area contributed by atoms with E-state index in [1.807, 2.05) is 48.5 Å². The van der Waals surface area contributed by atoms with E-state index >= 15 is 0 Å². The van der Waals surface area contributed by atoms with Crippen LogP contribution in [0.2, 0.25) is 0 Å². The van der Waals surface area contributed by atoms with E-state index in [2.05, 4.69) is 39.2 Å². The molecule has 2 aromatic heterocycles.